The number of rotatable bonds is 4. The lowest BCUT2D eigenvalue weighted by molar-refractivity contribution is 0.832. The normalized spacial score (nSPS) is 12.5. The van der Waals surface area contributed by atoms with Crippen LogP contribution in [0.4, 0.5) is 0 Å². The molecule has 0 aliphatic carbocycles. The number of hydrogen-bond acceptors (Lipinski definition) is 3. The van der Waals surface area contributed by atoms with Crippen LogP contribution in [0.15, 0.2) is 70.2 Å². The molecule has 1 unspecified atom stereocenters. The van der Waals surface area contributed by atoms with Crippen LogP contribution in [0.1, 0.15) is 11.6 Å². The quantitative estimate of drug-likeness (QED) is 0.681. The van der Waals surface area contributed by atoms with Crippen molar-refractivity contribution in [2.75, 3.05) is 5.75 Å². The van der Waals surface area contributed by atoms with E-state index in [0.717, 1.165) is 26.7 Å². The summed E-state index contributed by atoms with van der Waals surface area (Å²) < 4.78 is 1.09. The first kappa shape index (κ1) is 14.6. The van der Waals surface area contributed by atoms with E-state index >= 15 is 0 Å². The highest BCUT2D eigenvalue weighted by Crippen LogP contribution is 2.26. The van der Waals surface area contributed by atoms with Gasteiger partial charge in [0, 0.05) is 32.7 Å². The van der Waals surface area contributed by atoms with Gasteiger partial charge in [-0.1, -0.05) is 40.2 Å². The van der Waals surface area contributed by atoms with Gasteiger partial charge in [-0.25, -0.2) is 0 Å². The van der Waals surface area contributed by atoms with Crippen molar-refractivity contribution in [2.24, 2.45) is 5.73 Å². The molecular formula is C17H15BrN2S. The number of pyridine rings is 1. The summed E-state index contributed by atoms with van der Waals surface area (Å²) >= 11 is 5.26. The van der Waals surface area contributed by atoms with Crippen LogP contribution in [-0.2, 0) is 0 Å². The maximum atomic E-state index is 6.31. The topological polar surface area (TPSA) is 38.9 Å². The first-order valence-corrected chi connectivity index (χ1v) is 8.49. The van der Waals surface area contributed by atoms with Gasteiger partial charge in [0.25, 0.3) is 0 Å². The van der Waals surface area contributed by atoms with Crippen molar-refractivity contribution >= 4 is 38.6 Å². The molecule has 2 aromatic carbocycles. The van der Waals surface area contributed by atoms with E-state index < -0.39 is 0 Å². The molecule has 2 nitrogen and oxygen atoms in total. The predicted molar refractivity (Wildman–Crippen MR) is 93.5 cm³/mol. The molecule has 0 fully saturated rings. The third kappa shape index (κ3) is 3.64. The molecule has 0 aliphatic heterocycles. The van der Waals surface area contributed by atoms with Crippen LogP contribution < -0.4 is 5.73 Å². The van der Waals surface area contributed by atoms with E-state index in [0.29, 0.717) is 0 Å². The monoisotopic (exact) mass is 358 g/mol. The highest BCUT2D eigenvalue weighted by atomic mass is 79.9. The van der Waals surface area contributed by atoms with E-state index in [9.17, 15) is 0 Å². The number of nitrogens with two attached hydrogens (primary N) is 1. The highest BCUT2D eigenvalue weighted by molar-refractivity contribution is 9.10. The molecule has 0 saturated carbocycles. The largest absolute Gasteiger partial charge is 0.323 e. The standard InChI is InChI=1S/C17H15BrN2S/c18-14-4-1-5-15(10-14)21-11-16(19)13-7-6-12-3-2-8-20-17(12)9-13/h1-10,16H,11,19H2. The van der Waals surface area contributed by atoms with Crippen molar-refractivity contribution in [3.63, 3.8) is 0 Å². The van der Waals surface area contributed by atoms with Crippen molar-refractivity contribution in [1.29, 1.82) is 0 Å². The van der Waals surface area contributed by atoms with Gasteiger partial charge in [0.2, 0.25) is 0 Å². The van der Waals surface area contributed by atoms with Gasteiger partial charge < -0.3 is 5.73 Å². The molecule has 106 valence electrons. The second kappa shape index (κ2) is 6.60. The predicted octanol–water partition coefficient (Wildman–Crippen LogP) is 4.79. The second-order valence-electron chi connectivity index (χ2n) is 4.83. The summed E-state index contributed by atoms with van der Waals surface area (Å²) in [7, 11) is 0. The Kier molecular flexibility index (Phi) is 4.58. The molecule has 21 heavy (non-hydrogen) atoms. The van der Waals surface area contributed by atoms with Crippen LogP contribution in [0.2, 0.25) is 0 Å². The fourth-order valence-electron chi connectivity index (χ4n) is 2.15. The number of nitrogens with zero attached hydrogens (tertiary/aromatic N) is 1. The highest BCUT2D eigenvalue weighted by Gasteiger charge is 2.08. The third-order valence-corrected chi connectivity index (χ3v) is 4.89. The fourth-order valence-corrected chi connectivity index (χ4v) is 3.65. The minimum atomic E-state index is 0.000359. The number of benzene rings is 2. The summed E-state index contributed by atoms with van der Waals surface area (Å²) in [6, 6.07) is 18.6. The molecule has 0 aliphatic rings. The summed E-state index contributed by atoms with van der Waals surface area (Å²) in [5.41, 5.74) is 8.44. The zero-order valence-corrected chi connectivity index (χ0v) is 13.8. The van der Waals surface area contributed by atoms with Crippen molar-refractivity contribution in [2.45, 2.75) is 10.9 Å². The van der Waals surface area contributed by atoms with E-state index in [2.05, 4.69) is 57.3 Å². The minimum absolute atomic E-state index is 0.000359. The molecule has 1 heterocycles. The maximum absolute atomic E-state index is 6.31. The van der Waals surface area contributed by atoms with E-state index in [1.807, 2.05) is 24.4 Å². The summed E-state index contributed by atoms with van der Waals surface area (Å²) in [6.45, 7) is 0. The van der Waals surface area contributed by atoms with Gasteiger partial charge in [0.05, 0.1) is 5.52 Å². The Morgan fingerprint density at radius 2 is 2.00 bits per heavy atom. The van der Waals surface area contributed by atoms with E-state index in [-0.39, 0.29) is 6.04 Å². The number of aromatic nitrogens is 1. The molecule has 3 rings (SSSR count). The Labute approximate surface area is 136 Å². The van der Waals surface area contributed by atoms with Gasteiger partial charge >= 0.3 is 0 Å². The summed E-state index contributed by atoms with van der Waals surface area (Å²) in [5, 5.41) is 1.15. The molecule has 1 atom stereocenters. The van der Waals surface area contributed by atoms with E-state index in [4.69, 9.17) is 5.73 Å². The first-order chi connectivity index (χ1) is 10.2. The average molecular weight is 359 g/mol. The van der Waals surface area contributed by atoms with Crippen LogP contribution in [-0.4, -0.2) is 10.7 Å². The molecule has 3 aromatic rings. The number of thioether (sulfide) groups is 1. The number of halogens is 1. The molecule has 4 heteroatoms. The Bertz CT molecular complexity index is 760. The van der Waals surface area contributed by atoms with Crippen molar-refractivity contribution in [3.8, 4) is 0 Å². The average Bonchev–Trinajstić information content (AvgIpc) is 2.52. The van der Waals surface area contributed by atoms with Gasteiger partial charge in [-0.2, -0.15) is 0 Å². The van der Waals surface area contributed by atoms with Gasteiger partial charge in [0.1, 0.15) is 0 Å². The summed E-state index contributed by atoms with van der Waals surface area (Å²) in [4.78, 5) is 5.61. The maximum Gasteiger partial charge on any atom is 0.0705 e. The lowest BCUT2D eigenvalue weighted by atomic mass is 10.1. The molecule has 0 bridgehead atoms. The Hall–Kier alpha value is -1.36. The van der Waals surface area contributed by atoms with Gasteiger partial charge in [-0.05, 0) is 35.9 Å². The molecule has 2 N–H and O–H groups in total. The molecule has 0 amide bonds. The second-order valence-corrected chi connectivity index (χ2v) is 6.84. The SMILES string of the molecule is NC(CSc1cccc(Br)c1)c1ccc2cccnc2c1. The Balaban J connectivity index is 1.73. The van der Waals surface area contributed by atoms with E-state index in [1.165, 1.54) is 4.90 Å². The van der Waals surface area contributed by atoms with Crippen molar-refractivity contribution in [3.05, 3.63) is 70.8 Å². The Morgan fingerprint density at radius 3 is 2.86 bits per heavy atom. The van der Waals surface area contributed by atoms with Crippen LogP contribution in [0, 0.1) is 0 Å². The van der Waals surface area contributed by atoms with Crippen LogP contribution in [0.3, 0.4) is 0 Å². The fraction of sp³-hybridized carbons (Fsp3) is 0.118. The zero-order valence-electron chi connectivity index (χ0n) is 11.4. The van der Waals surface area contributed by atoms with Crippen molar-refractivity contribution < 1.29 is 0 Å². The molecule has 1 aromatic heterocycles. The number of hydrogen-bond donors (Lipinski definition) is 1. The summed E-state index contributed by atoms with van der Waals surface area (Å²) in [6.07, 6.45) is 1.81. The molecule has 0 radical (unpaired) electrons. The Morgan fingerprint density at radius 1 is 1.10 bits per heavy atom. The lowest BCUT2D eigenvalue weighted by Gasteiger charge is -2.12. The molecular weight excluding hydrogens is 344 g/mol. The van der Waals surface area contributed by atoms with E-state index in [1.54, 1.807) is 11.8 Å². The van der Waals surface area contributed by atoms with Crippen LogP contribution >= 0.6 is 27.7 Å². The smallest absolute Gasteiger partial charge is 0.0705 e. The van der Waals surface area contributed by atoms with Crippen LogP contribution in [0.5, 0.6) is 0 Å². The first-order valence-electron chi connectivity index (χ1n) is 6.71. The van der Waals surface area contributed by atoms with Gasteiger partial charge in [0.15, 0.2) is 0 Å². The van der Waals surface area contributed by atoms with Gasteiger partial charge in [-0.15, -0.1) is 11.8 Å². The zero-order chi connectivity index (χ0) is 14.7. The molecule has 0 spiro atoms. The minimum Gasteiger partial charge on any atom is -0.323 e. The van der Waals surface area contributed by atoms with Crippen LogP contribution in [0.25, 0.3) is 10.9 Å². The summed E-state index contributed by atoms with van der Waals surface area (Å²) in [5.74, 6) is 0.842. The third-order valence-electron chi connectivity index (χ3n) is 3.28. The number of fused-ring (bicyclic) bond motifs is 1. The molecule has 0 saturated heterocycles. The van der Waals surface area contributed by atoms with Crippen molar-refractivity contribution in [1.82, 2.24) is 4.98 Å². The lowest BCUT2D eigenvalue weighted by Crippen LogP contribution is -2.12. The van der Waals surface area contributed by atoms with Gasteiger partial charge in [-0.3, -0.25) is 4.98 Å².